The quantitative estimate of drug-likeness (QED) is 0.473. The van der Waals surface area contributed by atoms with Gasteiger partial charge in [-0.25, -0.2) is 4.79 Å². The number of halogens is 2. The van der Waals surface area contributed by atoms with Gasteiger partial charge in [0.25, 0.3) is 0 Å². The predicted molar refractivity (Wildman–Crippen MR) is 119 cm³/mol. The maximum atomic E-state index is 13.2. The summed E-state index contributed by atoms with van der Waals surface area (Å²) in [4.78, 5) is 26.4. The number of ketones is 1. The Labute approximate surface area is 187 Å². The lowest BCUT2D eigenvalue weighted by Crippen LogP contribution is -2.48. The lowest BCUT2D eigenvalue weighted by molar-refractivity contribution is -0.136. The van der Waals surface area contributed by atoms with Crippen molar-refractivity contribution in [1.82, 2.24) is 4.90 Å². The minimum atomic E-state index is -1.50. The molecule has 30 heavy (non-hydrogen) atoms. The normalized spacial score (nSPS) is 19.7. The highest BCUT2D eigenvalue weighted by Gasteiger charge is 2.41. The van der Waals surface area contributed by atoms with E-state index >= 15 is 0 Å². The minimum Gasteiger partial charge on any atom is -0.502 e. The molecule has 2 N–H and O–H groups in total. The molecule has 5 nitrogen and oxygen atoms in total. The molecule has 7 heteroatoms. The Hall–Kier alpha value is -2.34. The second-order valence-corrected chi connectivity index (χ2v) is 8.02. The molecule has 0 bridgehead atoms. The van der Waals surface area contributed by atoms with Crippen molar-refractivity contribution in [2.75, 3.05) is 13.1 Å². The summed E-state index contributed by atoms with van der Waals surface area (Å²) in [6.45, 7) is 2.07. The van der Waals surface area contributed by atoms with Gasteiger partial charge in [0.15, 0.2) is 5.78 Å². The zero-order chi connectivity index (χ0) is 20.9. The molecule has 0 spiro atoms. The molecule has 1 unspecified atom stereocenters. The van der Waals surface area contributed by atoms with E-state index in [9.17, 15) is 14.7 Å². The molecule has 1 saturated heterocycles. The molecule has 3 rings (SSSR count). The van der Waals surface area contributed by atoms with Gasteiger partial charge >= 0.3 is 5.97 Å². The molecule has 1 aliphatic rings. The number of carboxylic acids is 1. The van der Waals surface area contributed by atoms with Gasteiger partial charge in [-0.1, -0.05) is 54.1 Å². The van der Waals surface area contributed by atoms with Crippen LogP contribution in [-0.4, -0.2) is 40.0 Å². The first kappa shape index (κ1) is 23.9. The van der Waals surface area contributed by atoms with E-state index in [-0.39, 0.29) is 18.2 Å². The van der Waals surface area contributed by atoms with Crippen LogP contribution in [0.4, 0.5) is 0 Å². The number of hydrogen-bond acceptors (Lipinski definition) is 4. The van der Waals surface area contributed by atoms with Crippen LogP contribution in [0.25, 0.3) is 0 Å². The number of rotatable bonds is 7. The van der Waals surface area contributed by atoms with E-state index in [0.717, 1.165) is 30.2 Å². The number of allylic oxidation sites excluding steroid dienone is 1. The summed E-state index contributed by atoms with van der Waals surface area (Å²) in [7, 11) is 0. The average Bonchev–Trinajstić information content (AvgIpc) is 2.70. The summed E-state index contributed by atoms with van der Waals surface area (Å²) in [5.74, 6) is -2.78. The molecule has 1 heterocycles. The van der Waals surface area contributed by atoms with Crippen LogP contribution < -0.4 is 0 Å². The minimum absolute atomic E-state index is 0. The monoisotopic (exact) mass is 449 g/mol. The summed E-state index contributed by atoms with van der Waals surface area (Å²) >= 11 is 5.99. The lowest BCUT2D eigenvalue weighted by atomic mass is 9.71. The van der Waals surface area contributed by atoms with Gasteiger partial charge in [-0.15, -0.1) is 12.4 Å². The van der Waals surface area contributed by atoms with Crippen molar-refractivity contribution in [3.8, 4) is 0 Å². The fourth-order valence-corrected chi connectivity index (χ4v) is 4.09. The summed E-state index contributed by atoms with van der Waals surface area (Å²) in [5.41, 5.74) is 1.31. The number of aliphatic carboxylic acids is 1. The van der Waals surface area contributed by atoms with Crippen LogP contribution >= 0.6 is 24.0 Å². The Bertz CT molecular complexity index is 899. The SMILES string of the molecule is Cl.O=C(O)/C(O)=C/C(=O)C1(Cc2ccc(Cl)cc2)CCCN(Cc2ccccc2)C1. The van der Waals surface area contributed by atoms with Crippen LogP contribution in [0.2, 0.25) is 5.02 Å². The van der Waals surface area contributed by atoms with Gasteiger partial charge < -0.3 is 10.2 Å². The van der Waals surface area contributed by atoms with E-state index in [1.165, 1.54) is 0 Å². The highest BCUT2D eigenvalue weighted by atomic mass is 35.5. The first-order valence-corrected chi connectivity index (χ1v) is 9.95. The second kappa shape index (κ2) is 10.6. The zero-order valence-corrected chi connectivity index (χ0v) is 18.0. The van der Waals surface area contributed by atoms with Gasteiger partial charge in [0.05, 0.1) is 0 Å². The smallest absolute Gasteiger partial charge is 0.371 e. The molecule has 0 amide bonds. The Kier molecular flexibility index (Phi) is 8.47. The largest absolute Gasteiger partial charge is 0.502 e. The molecule has 2 aromatic carbocycles. The summed E-state index contributed by atoms with van der Waals surface area (Å²) in [6.07, 6.45) is 2.76. The number of benzene rings is 2. The zero-order valence-electron chi connectivity index (χ0n) is 16.5. The fraction of sp³-hybridized carbons (Fsp3) is 0.304. The molecular formula is C23H25Cl2NO4. The van der Waals surface area contributed by atoms with Crippen molar-refractivity contribution in [3.05, 3.63) is 82.6 Å². The Balaban J connectivity index is 0.00000320. The van der Waals surface area contributed by atoms with Crippen LogP contribution in [0.15, 0.2) is 66.4 Å². The average molecular weight is 450 g/mol. The topological polar surface area (TPSA) is 77.8 Å². The first-order chi connectivity index (χ1) is 13.9. The van der Waals surface area contributed by atoms with Crippen molar-refractivity contribution in [1.29, 1.82) is 0 Å². The summed E-state index contributed by atoms with van der Waals surface area (Å²) < 4.78 is 0. The van der Waals surface area contributed by atoms with Gasteiger partial charge in [-0.05, 0) is 49.1 Å². The second-order valence-electron chi connectivity index (χ2n) is 7.58. The number of carbonyl (C=O) groups is 2. The number of aliphatic hydroxyl groups is 1. The van der Waals surface area contributed by atoms with E-state index in [4.69, 9.17) is 16.7 Å². The molecule has 0 aromatic heterocycles. The van der Waals surface area contributed by atoms with Crippen LogP contribution in [0.3, 0.4) is 0 Å². The van der Waals surface area contributed by atoms with Crippen molar-refractivity contribution in [2.45, 2.75) is 25.8 Å². The Morgan fingerprint density at radius 3 is 2.33 bits per heavy atom. The maximum absolute atomic E-state index is 13.2. The van der Waals surface area contributed by atoms with Crippen LogP contribution in [0.1, 0.15) is 24.0 Å². The lowest BCUT2D eigenvalue weighted by Gasteiger charge is -2.41. The van der Waals surface area contributed by atoms with Gasteiger partial charge in [0, 0.05) is 29.6 Å². The highest BCUT2D eigenvalue weighted by molar-refractivity contribution is 6.30. The number of piperidine rings is 1. The molecule has 0 radical (unpaired) electrons. The van der Waals surface area contributed by atoms with E-state index in [1.54, 1.807) is 12.1 Å². The fourth-order valence-electron chi connectivity index (χ4n) is 3.97. The highest BCUT2D eigenvalue weighted by Crippen LogP contribution is 2.36. The molecule has 1 atom stereocenters. The van der Waals surface area contributed by atoms with Crippen LogP contribution in [0, 0.1) is 5.41 Å². The van der Waals surface area contributed by atoms with Crippen molar-refractivity contribution < 1.29 is 19.8 Å². The van der Waals surface area contributed by atoms with Gasteiger partial charge in [0.1, 0.15) is 0 Å². The number of carbonyl (C=O) groups excluding carboxylic acids is 1. The van der Waals surface area contributed by atoms with E-state index in [1.807, 2.05) is 42.5 Å². The van der Waals surface area contributed by atoms with Gasteiger partial charge in [0.2, 0.25) is 5.76 Å². The third kappa shape index (κ3) is 6.08. The van der Waals surface area contributed by atoms with Crippen molar-refractivity contribution in [3.63, 3.8) is 0 Å². The molecule has 0 aliphatic carbocycles. The molecule has 2 aromatic rings. The maximum Gasteiger partial charge on any atom is 0.371 e. The third-order valence-electron chi connectivity index (χ3n) is 5.37. The molecule has 160 valence electrons. The number of carboxylic acid groups (broad SMARTS) is 1. The van der Waals surface area contributed by atoms with Crippen LogP contribution in [0.5, 0.6) is 0 Å². The molecule has 1 fully saturated rings. The summed E-state index contributed by atoms with van der Waals surface area (Å²) in [6, 6.07) is 17.4. The molecular weight excluding hydrogens is 425 g/mol. The number of hydrogen-bond donors (Lipinski definition) is 2. The van der Waals surface area contributed by atoms with E-state index < -0.39 is 17.1 Å². The Morgan fingerprint density at radius 2 is 1.70 bits per heavy atom. The number of nitrogens with zero attached hydrogens (tertiary/aromatic N) is 1. The van der Waals surface area contributed by atoms with E-state index in [0.29, 0.717) is 31.0 Å². The van der Waals surface area contributed by atoms with Gasteiger partial charge in [-0.3, -0.25) is 9.69 Å². The molecule has 0 saturated carbocycles. The van der Waals surface area contributed by atoms with Gasteiger partial charge in [-0.2, -0.15) is 0 Å². The van der Waals surface area contributed by atoms with E-state index in [2.05, 4.69) is 4.90 Å². The molecule has 1 aliphatic heterocycles. The standard InChI is InChI=1S/C23H24ClNO4.ClH/c24-19-9-7-17(8-10-19)14-23(21(27)13-20(26)22(28)29)11-4-12-25(16-23)15-18-5-2-1-3-6-18;/h1-3,5-10,13,26H,4,11-12,14-16H2,(H,28,29);1H/b20-13-;. The first-order valence-electron chi connectivity index (χ1n) is 9.57. The van der Waals surface area contributed by atoms with Crippen LogP contribution in [-0.2, 0) is 22.6 Å². The number of likely N-dealkylation sites (tertiary alicyclic amines) is 1. The van der Waals surface area contributed by atoms with Crippen molar-refractivity contribution in [2.24, 2.45) is 5.41 Å². The number of aliphatic hydroxyl groups excluding tert-OH is 1. The third-order valence-corrected chi connectivity index (χ3v) is 5.62. The summed E-state index contributed by atoms with van der Waals surface area (Å²) in [5, 5.41) is 19.3. The Morgan fingerprint density at radius 1 is 1.03 bits per heavy atom. The predicted octanol–water partition coefficient (Wildman–Crippen LogP) is 4.68. The van der Waals surface area contributed by atoms with Crippen molar-refractivity contribution >= 4 is 35.8 Å².